The van der Waals surface area contributed by atoms with Crippen molar-refractivity contribution in [1.82, 2.24) is 4.90 Å². The summed E-state index contributed by atoms with van der Waals surface area (Å²) in [6.45, 7) is 1.85. The molecule has 0 spiro atoms. The largest absolute Gasteiger partial charge is 0.497 e. The van der Waals surface area contributed by atoms with Crippen molar-refractivity contribution >= 4 is 23.3 Å². The second-order valence-corrected chi connectivity index (χ2v) is 8.14. The highest BCUT2D eigenvalue weighted by molar-refractivity contribution is 5.94. The number of rotatable bonds is 8. The molecule has 0 aliphatic carbocycles. The molecule has 1 N–H and O–H groups in total. The first-order valence-corrected chi connectivity index (χ1v) is 11.3. The van der Waals surface area contributed by atoms with Crippen LogP contribution in [-0.4, -0.2) is 44.1 Å². The van der Waals surface area contributed by atoms with Crippen molar-refractivity contribution in [3.63, 3.8) is 0 Å². The molecule has 3 aromatic rings. The van der Waals surface area contributed by atoms with Crippen LogP contribution in [0.4, 0.5) is 16.2 Å². The zero-order valence-electron chi connectivity index (χ0n) is 19.5. The lowest BCUT2D eigenvalue weighted by Crippen LogP contribution is -2.49. The SMILES string of the molecule is COc1cccc(CC(=O)Nc2ccc(N3CCCN(Cc4ccccc4OC)C3=O)cc2)c1. The Hall–Kier alpha value is -4.00. The minimum absolute atomic E-state index is 0.0352. The molecule has 7 heteroatoms. The molecule has 0 radical (unpaired) electrons. The van der Waals surface area contributed by atoms with E-state index in [4.69, 9.17) is 9.47 Å². The molecule has 1 aliphatic rings. The van der Waals surface area contributed by atoms with Gasteiger partial charge in [0.1, 0.15) is 11.5 Å². The highest BCUT2D eigenvalue weighted by Crippen LogP contribution is 2.25. The molecule has 7 nitrogen and oxygen atoms in total. The molecular weight excluding hydrogens is 430 g/mol. The van der Waals surface area contributed by atoms with Crippen LogP contribution in [0, 0.1) is 0 Å². The van der Waals surface area contributed by atoms with Crippen molar-refractivity contribution in [3.05, 3.63) is 83.9 Å². The monoisotopic (exact) mass is 459 g/mol. The number of urea groups is 1. The first-order valence-electron chi connectivity index (χ1n) is 11.3. The molecule has 3 amide bonds. The number of ether oxygens (including phenoxy) is 2. The molecule has 1 aliphatic heterocycles. The fourth-order valence-electron chi connectivity index (χ4n) is 4.10. The number of anilines is 2. The van der Waals surface area contributed by atoms with Gasteiger partial charge in [-0.15, -0.1) is 0 Å². The molecule has 0 atom stereocenters. The van der Waals surface area contributed by atoms with E-state index < -0.39 is 0 Å². The summed E-state index contributed by atoms with van der Waals surface area (Å²) < 4.78 is 10.6. The third-order valence-electron chi connectivity index (χ3n) is 5.83. The first kappa shape index (κ1) is 23.2. The van der Waals surface area contributed by atoms with Gasteiger partial charge in [-0.2, -0.15) is 0 Å². The number of carbonyl (C=O) groups excluding carboxylic acids is 2. The molecule has 176 valence electrons. The molecule has 3 aromatic carbocycles. The summed E-state index contributed by atoms with van der Waals surface area (Å²) in [6.07, 6.45) is 1.13. The number of benzene rings is 3. The quantitative estimate of drug-likeness (QED) is 0.529. The maximum absolute atomic E-state index is 13.2. The van der Waals surface area contributed by atoms with E-state index in [2.05, 4.69) is 5.32 Å². The smallest absolute Gasteiger partial charge is 0.324 e. The fraction of sp³-hybridized carbons (Fsp3) is 0.259. The summed E-state index contributed by atoms with van der Waals surface area (Å²) in [6, 6.07) is 22.6. The first-order chi connectivity index (χ1) is 16.6. The Morgan fingerprint density at radius 1 is 0.941 bits per heavy atom. The third kappa shape index (κ3) is 5.49. The van der Waals surface area contributed by atoms with Crippen LogP contribution in [0.25, 0.3) is 0 Å². The van der Waals surface area contributed by atoms with E-state index in [0.717, 1.165) is 34.7 Å². The predicted octanol–water partition coefficient (Wildman–Crippen LogP) is 4.72. The number of methoxy groups -OCH3 is 2. The number of carbonyl (C=O) groups is 2. The van der Waals surface area contributed by atoms with Crippen LogP contribution in [0.1, 0.15) is 17.5 Å². The van der Waals surface area contributed by atoms with Gasteiger partial charge >= 0.3 is 6.03 Å². The van der Waals surface area contributed by atoms with Crippen LogP contribution in [-0.2, 0) is 17.8 Å². The minimum Gasteiger partial charge on any atom is -0.497 e. The van der Waals surface area contributed by atoms with E-state index in [-0.39, 0.29) is 18.4 Å². The van der Waals surface area contributed by atoms with E-state index in [1.807, 2.05) is 77.7 Å². The second-order valence-electron chi connectivity index (χ2n) is 8.14. The van der Waals surface area contributed by atoms with Gasteiger partial charge < -0.3 is 19.7 Å². The Bertz CT molecular complexity index is 1150. The van der Waals surface area contributed by atoms with Crippen molar-refractivity contribution in [2.45, 2.75) is 19.4 Å². The van der Waals surface area contributed by atoms with Gasteiger partial charge in [0.15, 0.2) is 0 Å². The average Bonchev–Trinajstić information content (AvgIpc) is 2.86. The lowest BCUT2D eigenvalue weighted by molar-refractivity contribution is -0.115. The lowest BCUT2D eigenvalue weighted by Gasteiger charge is -2.36. The normalized spacial score (nSPS) is 13.5. The summed E-state index contributed by atoms with van der Waals surface area (Å²) in [5, 5.41) is 2.92. The van der Waals surface area contributed by atoms with Crippen LogP contribution in [0.15, 0.2) is 72.8 Å². The maximum atomic E-state index is 13.2. The summed E-state index contributed by atoms with van der Waals surface area (Å²) in [5.41, 5.74) is 3.35. The highest BCUT2D eigenvalue weighted by Gasteiger charge is 2.27. The molecule has 4 rings (SSSR count). The predicted molar refractivity (Wildman–Crippen MR) is 133 cm³/mol. The van der Waals surface area contributed by atoms with Crippen LogP contribution < -0.4 is 19.7 Å². The average molecular weight is 460 g/mol. The van der Waals surface area contributed by atoms with E-state index in [1.165, 1.54) is 0 Å². The molecule has 34 heavy (non-hydrogen) atoms. The van der Waals surface area contributed by atoms with Gasteiger partial charge in [0.05, 0.1) is 27.2 Å². The Labute approximate surface area is 199 Å². The van der Waals surface area contributed by atoms with Crippen LogP contribution >= 0.6 is 0 Å². The van der Waals surface area contributed by atoms with E-state index in [0.29, 0.717) is 25.3 Å². The van der Waals surface area contributed by atoms with Crippen LogP contribution in [0.3, 0.4) is 0 Å². The molecule has 0 unspecified atom stereocenters. The van der Waals surface area contributed by atoms with Gasteiger partial charge in [-0.05, 0) is 54.4 Å². The molecule has 1 saturated heterocycles. The van der Waals surface area contributed by atoms with Gasteiger partial charge in [-0.1, -0.05) is 30.3 Å². The Morgan fingerprint density at radius 3 is 2.50 bits per heavy atom. The number of para-hydroxylation sites is 1. The number of hydrogen-bond donors (Lipinski definition) is 1. The molecule has 1 fully saturated rings. The van der Waals surface area contributed by atoms with E-state index in [9.17, 15) is 9.59 Å². The maximum Gasteiger partial charge on any atom is 0.324 e. The van der Waals surface area contributed by atoms with E-state index >= 15 is 0 Å². The summed E-state index contributed by atoms with van der Waals surface area (Å²) in [7, 11) is 3.24. The van der Waals surface area contributed by atoms with Gasteiger partial charge in [0.2, 0.25) is 5.91 Å². The van der Waals surface area contributed by atoms with Crippen molar-refractivity contribution in [1.29, 1.82) is 0 Å². The summed E-state index contributed by atoms with van der Waals surface area (Å²) in [4.78, 5) is 29.3. The van der Waals surface area contributed by atoms with Gasteiger partial charge in [-0.25, -0.2) is 4.79 Å². The zero-order chi connectivity index (χ0) is 23.9. The number of hydrogen-bond acceptors (Lipinski definition) is 4. The summed E-state index contributed by atoms with van der Waals surface area (Å²) in [5.74, 6) is 1.39. The fourth-order valence-corrected chi connectivity index (χ4v) is 4.10. The molecule has 0 bridgehead atoms. The van der Waals surface area contributed by atoms with Crippen molar-refractivity contribution < 1.29 is 19.1 Å². The Morgan fingerprint density at radius 2 is 1.74 bits per heavy atom. The highest BCUT2D eigenvalue weighted by atomic mass is 16.5. The van der Waals surface area contributed by atoms with Crippen molar-refractivity contribution in [2.75, 3.05) is 37.5 Å². The Balaban J connectivity index is 1.38. The van der Waals surface area contributed by atoms with Crippen molar-refractivity contribution in [2.24, 2.45) is 0 Å². The second kappa shape index (κ2) is 10.7. The van der Waals surface area contributed by atoms with Crippen molar-refractivity contribution in [3.8, 4) is 11.5 Å². The lowest BCUT2D eigenvalue weighted by atomic mass is 10.1. The van der Waals surface area contributed by atoms with Gasteiger partial charge in [-0.3, -0.25) is 9.69 Å². The molecule has 0 saturated carbocycles. The van der Waals surface area contributed by atoms with Gasteiger partial charge in [0, 0.05) is 30.0 Å². The van der Waals surface area contributed by atoms with Crippen LogP contribution in [0.5, 0.6) is 11.5 Å². The number of nitrogens with zero attached hydrogens (tertiary/aromatic N) is 2. The Kier molecular flexibility index (Phi) is 7.32. The standard InChI is InChI=1S/C27H29N3O4/c1-33-24-9-5-7-20(17-24)18-26(31)28-22-11-13-23(14-12-22)30-16-6-15-29(27(30)32)19-21-8-3-4-10-25(21)34-2/h3-5,7-14,17H,6,15-16,18-19H2,1-2H3,(H,28,31). The molecule has 1 heterocycles. The van der Waals surface area contributed by atoms with Gasteiger partial charge in [0.25, 0.3) is 0 Å². The molecular formula is C27H29N3O4. The third-order valence-corrected chi connectivity index (χ3v) is 5.83. The number of nitrogens with one attached hydrogen (secondary N) is 1. The molecule has 0 aromatic heterocycles. The zero-order valence-corrected chi connectivity index (χ0v) is 19.5. The van der Waals surface area contributed by atoms with Crippen LogP contribution in [0.2, 0.25) is 0 Å². The summed E-state index contributed by atoms with van der Waals surface area (Å²) >= 11 is 0. The topological polar surface area (TPSA) is 71.1 Å². The minimum atomic E-state index is -0.113. The van der Waals surface area contributed by atoms with E-state index in [1.54, 1.807) is 19.1 Å². The number of amides is 3.